The van der Waals surface area contributed by atoms with Crippen LogP contribution in [-0.4, -0.2) is 22.9 Å². The molecule has 1 aromatic carbocycles. The van der Waals surface area contributed by atoms with Gasteiger partial charge in [-0.1, -0.05) is 11.6 Å². The van der Waals surface area contributed by atoms with E-state index in [0.717, 1.165) is 10.9 Å². The van der Waals surface area contributed by atoms with Crippen LogP contribution in [0.15, 0.2) is 30.5 Å². The number of carbonyl (C=O) groups excluding carboxylic acids is 2. The summed E-state index contributed by atoms with van der Waals surface area (Å²) in [6.07, 6.45) is 1.62. The fourth-order valence-electron chi connectivity index (χ4n) is 1.93. The monoisotopic (exact) mass is 279 g/mol. The molecule has 0 aliphatic carbocycles. The Labute approximate surface area is 115 Å². The first-order valence-electron chi connectivity index (χ1n) is 6.02. The van der Waals surface area contributed by atoms with Crippen molar-refractivity contribution < 1.29 is 14.3 Å². The van der Waals surface area contributed by atoms with Gasteiger partial charge in [-0.2, -0.15) is 0 Å². The minimum Gasteiger partial charge on any atom is -0.466 e. The fourth-order valence-corrected chi connectivity index (χ4v) is 2.11. The quantitative estimate of drug-likeness (QED) is 0.625. The molecule has 4 nitrogen and oxygen atoms in total. The van der Waals surface area contributed by atoms with Crippen LogP contribution in [0.5, 0.6) is 0 Å². The highest BCUT2D eigenvalue weighted by molar-refractivity contribution is 6.31. The van der Waals surface area contributed by atoms with Crippen LogP contribution < -0.4 is 0 Å². The molecule has 1 aromatic heterocycles. The van der Waals surface area contributed by atoms with E-state index in [4.69, 9.17) is 16.3 Å². The van der Waals surface area contributed by atoms with E-state index in [1.54, 1.807) is 17.6 Å². The van der Waals surface area contributed by atoms with Crippen LogP contribution in [0, 0.1) is 0 Å². The number of esters is 1. The first-order chi connectivity index (χ1) is 9.10. The van der Waals surface area contributed by atoms with Gasteiger partial charge in [0.1, 0.15) is 6.42 Å². The van der Waals surface area contributed by atoms with Gasteiger partial charge in [-0.3, -0.25) is 9.59 Å². The van der Waals surface area contributed by atoms with E-state index in [1.807, 2.05) is 24.4 Å². The van der Waals surface area contributed by atoms with Gasteiger partial charge in [0.15, 0.2) is 5.78 Å². The summed E-state index contributed by atoms with van der Waals surface area (Å²) in [5.74, 6) is -0.655. The molecule has 0 unspecified atom stereocenters. The lowest BCUT2D eigenvalue weighted by atomic mass is 10.2. The molecule has 1 heterocycles. The molecule has 0 spiro atoms. The van der Waals surface area contributed by atoms with Gasteiger partial charge in [-0.15, -0.1) is 0 Å². The molecular formula is C14H14ClNO3. The number of nitrogens with zero attached hydrogens (tertiary/aromatic N) is 1. The largest absolute Gasteiger partial charge is 0.466 e. The zero-order chi connectivity index (χ0) is 13.8. The van der Waals surface area contributed by atoms with Crippen LogP contribution >= 0.6 is 11.6 Å². The third-order valence-corrected chi connectivity index (χ3v) is 2.96. The van der Waals surface area contributed by atoms with Crippen molar-refractivity contribution in [1.29, 1.82) is 0 Å². The van der Waals surface area contributed by atoms with Crippen molar-refractivity contribution in [3.63, 3.8) is 0 Å². The van der Waals surface area contributed by atoms with Gasteiger partial charge in [0.2, 0.25) is 0 Å². The fraction of sp³-hybridized carbons (Fsp3) is 0.286. The highest BCUT2D eigenvalue weighted by Gasteiger charge is 2.12. The van der Waals surface area contributed by atoms with E-state index in [1.165, 1.54) is 0 Å². The lowest BCUT2D eigenvalue weighted by Crippen LogP contribution is -2.15. The average molecular weight is 280 g/mol. The number of ketones is 1. The Morgan fingerprint density at radius 3 is 2.84 bits per heavy atom. The molecule has 0 radical (unpaired) electrons. The molecule has 0 N–H and O–H groups in total. The van der Waals surface area contributed by atoms with Crippen molar-refractivity contribution in [1.82, 2.24) is 4.57 Å². The molecule has 5 heteroatoms. The van der Waals surface area contributed by atoms with Crippen LogP contribution in [0.25, 0.3) is 10.9 Å². The summed E-state index contributed by atoms with van der Waals surface area (Å²) in [6.45, 7) is 2.16. The summed E-state index contributed by atoms with van der Waals surface area (Å²) in [5.41, 5.74) is 0.918. The number of rotatable bonds is 5. The SMILES string of the molecule is CCOC(=O)CC(=O)Cn1ccc2cc(Cl)ccc21. The predicted molar refractivity (Wildman–Crippen MR) is 73.2 cm³/mol. The first-order valence-corrected chi connectivity index (χ1v) is 6.39. The van der Waals surface area contributed by atoms with E-state index < -0.39 is 5.97 Å². The first kappa shape index (κ1) is 13.6. The second kappa shape index (κ2) is 5.89. The number of Topliss-reactive ketones (excluding diaryl/α,β-unsaturated/α-hetero) is 1. The Hall–Kier alpha value is -1.81. The number of benzene rings is 1. The zero-order valence-electron chi connectivity index (χ0n) is 10.6. The molecular weight excluding hydrogens is 266 g/mol. The second-order valence-corrected chi connectivity index (χ2v) is 4.60. The maximum atomic E-state index is 11.8. The van der Waals surface area contributed by atoms with E-state index in [2.05, 4.69) is 0 Å². The van der Waals surface area contributed by atoms with Gasteiger partial charge in [0, 0.05) is 22.1 Å². The lowest BCUT2D eigenvalue weighted by Gasteiger charge is -2.05. The van der Waals surface area contributed by atoms with Crippen LogP contribution in [-0.2, 0) is 20.9 Å². The number of hydrogen-bond donors (Lipinski definition) is 0. The van der Waals surface area contributed by atoms with Gasteiger partial charge < -0.3 is 9.30 Å². The van der Waals surface area contributed by atoms with Crippen molar-refractivity contribution in [2.75, 3.05) is 6.61 Å². The zero-order valence-corrected chi connectivity index (χ0v) is 11.3. The van der Waals surface area contributed by atoms with Gasteiger partial charge in [0.25, 0.3) is 0 Å². The highest BCUT2D eigenvalue weighted by atomic mass is 35.5. The maximum absolute atomic E-state index is 11.8. The normalized spacial score (nSPS) is 10.6. The summed E-state index contributed by atoms with van der Waals surface area (Å²) >= 11 is 5.90. The van der Waals surface area contributed by atoms with E-state index in [0.29, 0.717) is 5.02 Å². The number of hydrogen-bond acceptors (Lipinski definition) is 3. The Kier molecular flexibility index (Phi) is 4.22. The Morgan fingerprint density at radius 2 is 2.11 bits per heavy atom. The van der Waals surface area contributed by atoms with Gasteiger partial charge in [0.05, 0.1) is 13.2 Å². The molecule has 100 valence electrons. The smallest absolute Gasteiger partial charge is 0.313 e. The van der Waals surface area contributed by atoms with E-state index in [9.17, 15) is 9.59 Å². The molecule has 0 bridgehead atoms. The maximum Gasteiger partial charge on any atom is 0.313 e. The molecule has 0 saturated heterocycles. The summed E-state index contributed by atoms with van der Waals surface area (Å²) < 4.78 is 6.55. The number of ether oxygens (including phenoxy) is 1. The summed E-state index contributed by atoms with van der Waals surface area (Å²) in [6, 6.07) is 7.35. The molecule has 0 amide bonds. The van der Waals surface area contributed by atoms with E-state index in [-0.39, 0.29) is 25.4 Å². The number of carbonyl (C=O) groups is 2. The van der Waals surface area contributed by atoms with Crippen molar-refractivity contribution >= 4 is 34.3 Å². The van der Waals surface area contributed by atoms with Crippen molar-refractivity contribution in [3.05, 3.63) is 35.5 Å². The molecule has 0 aliphatic rings. The number of aromatic nitrogens is 1. The lowest BCUT2D eigenvalue weighted by molar-refractivity contribution is -0.145. The third-order valence-electron chi connectivity index (χ3n) is 2.73. The summed E-state index contributed by atoms with van der Waals surface area (Å²) in [7, 11) is 0. The molecule has 2 rings (SSSR count). The Bertz CT molecular complexity index is 618. The summed E-state index contributed by atoms with van der Waals surface area (Å²) in [4.78, 5) is 23.0. The third kappa shape index (κ3) is 3.35. The van der Waals surface area contributed by atoms with Crippen molar-refractivity contribution in [3.8, 4) is 0 Å². The molecule has 0 aliphatic heterocycles. The molecule has 19 heavy (non-hydrogen) atoms. The standard InChI is InChI=1S/C14H14ClNO3/c1-2-19-14(18)8-12(17)9-16-6-5-10-7-11(15)3-4-13(10)16/h3-7H,2,8-9H2,1H3. The Morgan fingerprint density at radius 1 is 1.32 bits per heavy atom. The molecule has 0 fully saturated rings. The predicted octanol–water partition coefficient (Wildman–Crippen LogP) is 2.82. The number of fused-ring (bicyclic) bond motifs is 1. The van der Waals surface area contributed by atoms with Crippen LogP contribution in [0.4, 0.5) is 0 Å². The second-order valence-electron chi connectivity index (χ2n) is 4.17. The van der Waals surface area contributed by atoms with Crippen molar-refractivity contribution in [2.24, 2.45) is 0 Å². The number of halogens is 1. The topological polar surface area (TPSA) is 48.3 Å². The van der Waals surface area contributed by atoms with Gasteiger partial charge in [-0.05, 0) is 31.2 Å². The van der Waals surface area contributed by atoms with Crippen LogP contribution in [0.2, 0.25) is 5.02 Å². The summed E-state index contributed by atoms with van der Waals surface area (Å²) in [5, 5.41) is 1.62. The van der Waals surface area contributed by atoms with Gasteiger partial charge in [-0.25, -0.2) is 0 Å². The van der Waals surface area contributed by atoms with E-state index >= 15 is 0 Å². The highest BCUT2D eigenvalue weighted by Crippen LogP contribution is 2.20. The van der Waals surface area contributed by atoms with Crippen molar-refractivity contribution in [2.45, 2.75) is 19.9 Å². The molecule has 0 saturated carbocycles. The van der Waals surface area contributed by atoms with Crippen LogP contribution in [0.3, 0.4) is 0 Å². The van der Waals surface area contributed by atoms with Crippen LogP contribution in [0.1, 0.15) is 13.3 Å². The Balaban J connectivity index is 2.09. The van der Waals surface area contributed by atoms with Gasteiger partial charge >= 0.3 is 5.97 Å². The average Bonchev–Trinajstić information content (AvgIpc) is 2.71. The minimum atomic E-state index is -0.480. The molecule has 0 atom stereocenters. The molecule has 2 aromatic rings. The minimum absolute atomic E-state index is 0.157.